The van der Waals surface area contributed by atoms with Crippen LogP contribution in [0.5, 0.6) is 0 Å². The van der Waals surface area contributed by atoms with Gasteiger partial charge in [-0.25, -0.2) is 4.79 Å². The highest BCUT2D eigenvalue weighted by atomic mass is 35.6. The van der Waals surface area contributed by atoms with Crippen LogP contribution in [0.2, 0.25) is 0 Å². The first kappa shape index (κ1) is 24.0. The fraction of sp³-hybridized carbons (Fsp3) is 0.714. The first-order valence-electron chi connectivity index (χ1n) is 7.38. The van der Waals surface area contributed by atoms with Crippen molar-refractivity contribution >= 4 is 70.3 Å². The molecule has 0 aromatic rings. The Morgan fingerprint density at radius 3 is 1.81 bits per heavy atom. The second-order valence-electron chi connectivity index (χ2n) is 5.34. The van der Waals surface area contributed by atoms with Crippen molar-refractivity contribution in [2.45, 2.75) is 54.5 Å². The van der Waals surface area contributed by atoms with Crippen LogP contribution >= 0.6 is 46.4 Å². The molecule has 0 aromatic carbocycles. The Morgan fingerprint density at radius 1 is 0.852 bits per heavy atom. The molecule has 13 heteroatoms. The molecule has 9 nitrogen and oxygen atoms in total. The molecule has 1 heterocycles. The average Bonchev–Trinajstić information content (AvgIpc) is 2.49. The summed E-state index contributed by atoms with van der Waals surface area (Å²) in [7, 11) is 0. The minimum Gasteiger partial charge on any atom is -0.463 e. The molecule has 0 bridgehead atoms. The van der Waals surface area contributed by atoms with E-state index in [0.717, 1.165) is 20.8 Å². The molecule has 1 rings (SSSR count). The lowest BCUT2D eigenvalue weighted by molar-refractivity contribution is -0.239. The lowest BCUT2D eigenvalue weighted by Crippen LogP contribution is -2.61. The van der Waals surface area contributed by atoms with Gasteiger partial charge >= 0.3 is 23.9 Å². The summed E-state index contributed by atoms with van der Waals surface area (Å²) in [6.45, 7) is 2.93. The molecule has 27 heavy (non-hydrogen) atoms. The number of alkyl halides is 4. The maximum absolute atomic E-state index is 11.9. The van der Waals surface area contributed by atoms with Crippen LogP contribution in [0.25, 0.3) is 0 Å². The van der Waals surface area contributed by atoms with E-state index < -0.39 is 57.6 Å². The Labute approximate surface area is 174 Å². The third-order valence-electron chi connectivity index (χ3n) is 3.11. The molecule has 0 aromatic heterocycles. The normalized spacial score (nSPS) is 28.0. The predicted molar refractivity (Wildman–Crippen MR) is 92.4 cm³/mol. The summed E-state index contributed by atoms with van der Waals surface area (Å²) in [6, 6.07) is 0. The van der Waals surface area contributed by atoms with Crippen molar-refractivity contribution in [2.75, 3.05) is 6.61 Å². The van der Waals surface area contributed by atoms with Gasteiger partial charge in [0.1, 0.15) is 12.7 Å². The van der Waals surface area contributed by atoms with Gasteiger partial charge in [0.05, 0.1) is 0 Å². The van der Waals surface area contributed by atoms with Crippen LogP contribution in [-0.4, -0.2) is 64.3 Å². The van der Waals surface area contributed by atoms with Gasteiger partial charge in [-0.3, -0.25) is 14.4 Å². The molecular formula is C14H16Cl4O9. The first-order valence-corrected chi connectivity index (χ1v) is 8.95. The van der Waals surface area contributed by atoms with E-state index in [1.165, 1.54) is 0 Å². The summed E-state index contributed by atoms with van der Waals surface area (Å²) in [5.74, 6) is -3.53. The fourth-order valence-electron chi connectivity index (χ4n) is 2.17. The summed E-state index contributed by atoms with van der Waals surface area (Å²) < 4.78 is 23.0. The Hall–Kier alpha value is -1.00. The van der Waals surface area contributed by atoms with E-state index in [1.807, 2.05) is 0 Å². The lowest BCUT2D eigenvalue weighted by atomic mass is 9.99. The van der Waals surface area contributed by atoms with Crippen LogP contribution in [0, 0.1) is 0 Å². The molecule has 0 unspecified atom stereocenters. The molecule has 0 N–H and O–H groups in total. The van der Waals surface area contributed by atoms with E-state index in [9.17, 15) is 19.2 Å². The molecule has 1 saturated heterocycles. The average molecular weight is 470 g/mol. The summed E-state index contributed by atoms with van der Waals surface area (Å²) in [6.07, 6.45) is -5.35. The third-order valence-corrected chi connectivity index (χ3v) is 3.92. The number of ether oxygens (including phenoxy) is 5. The van der Waals surface area contributed by atoms with Gasteiger partial charge in [-0.2, -0.15) is 0 Å². The minimum atomic E-state index is -2.44. The van der Waals surface area contributed by atoms with E-state index in [0.29, 0.717) is 0 Å². The number of esters is 4. The maximum Gasteiger partial charge on any atom is 0.359 e. The zero-order valence-electron chi connectivity index (χ0n) is 14.3. The Bertz CT molecular complexity index is 592. The van der Waals surface area contributed by atoms with Gasteiger partial charge in [-0.05, 0) is 0 Å². The SMILES string of the molecule is CC(=O)OC[C@H]1O[C@@H](Cl)[C@H](OC(=O)C(Cl)(Cl)Cl)[C@@H](OC(C)=O)[C@@H]1OC(C)=O. The Balaban J connectivity index is 3.18. The second kappa shape index (κ2) is 9.97. The van der Waals surface area contributed by atoms with Crippen molar-refractivity contribution in [1.82, 2.24) is 0 Å². The van der Waals surface area contributed by atoms with E-state index in [2.05, 4.69) is 0 Å². The van der Waals surface area contributed by atoms with Crippen molar-refractivity contribution in [3.63, 3.8) is 0 Å². The standard InChI is InChI=1S/C14H16Cl4O9/c1-5(19)23-4-8-9(24-6(2)20)10(25-7(3)21)11(12(15)26-8)27-13(22)14(16,17)18/h8-12H,4H2,1-3H3/t8-,9-,10+,11-,12-/m1/s1. The molecule has 1 aliphatic heterocycles. The second-order valence-corrected chi connectivity index (χ2v) is 8.06. The number of halogens is 4. The Kier molecular flexibility index (Phi) is 8.88. The Morgan fingerprint density at radius 2 is 1.37 bits per heavy atom. The zero-order chi connectivity index (χ0) is 20.9. The van der Waals surface area contributed by atoms with Crippen LogP contribution in [0.4, 0.5) is 0 Å². The van der Waals surface area contributed by atoms with Crippen molar-refractivity contribution in [2.24, 2.45) is 0 Å². The van der Waals surface area contributed by atoms with Crippen molar-refractivity contribution in [3.8, 4) is 0 Å². The van der Waals surface area contributed by atoms with E-state index >= 15 is 0 Å². The monoisotopic (exact) mass is 468 g/mol. The summed E-state index contributed by atoms with van der Waals surface area (Å²) >= 11 is 22.4. The summed E-state index contributed by atoms with van der Waals surface area (Å²) in [5.41, 5.74) is -1.40. The van der Waals surface area contributed by atoms with Gasteiger partial charge in [0.25, 0.3) is 3.79 Å². The smallest absolute Gasteiger partial charge is 0.359 e. The third kappa shape index (κ3) is 7.50. The van der Waals surface area contributed by atoms with E-state index in [4.69, 9.17) is 70.1 Å². The van der Waals surface area contributed by atoms with Crippen molar-refractivity contribution in [3.05, 3.63) is 0 Å². The molecule has 0 aliphatic carbocycles. The largest absolute Gasteiger partial charge is 0.463 e. The number of hydrogen-bond acceptors (Lipinski definition) is 9. The number of carbonyl (C=O) groups is 4. The molecule has 0 saturated carbocycles. The predicted octanol–water partition coefficient (Wildman–Crippen LogP) is 1.66. The number of rotatable bonds is 5. The van der Waals surface area contributed by atoms with Gasteiger partial charge < -0.3 is 23.7 Å². The van der Waals surface area contributed by atoms with Gasteiger partial charge in [0.15, 0.2) is 23.9 Å². The molecule has 1 aliphatic rings. The molecule has 0 radical (unpaired) electrons. The van der Waals surface area contributed by atoms with Gasteiger partial charge in [0, 0.05) is 20.8 Å². The highest BCUT2D eigenvalue weighted by Crippen LogP contribution is 2.34. The van der Waals surface area contributed by atoms with Gasteiger partial charge in [-0.15, -0.1) is 0 Å². The van der Waals surface area contributed by atoms with Crippen molar-refractivity contribution in [1.29, 1.82) is 0 Å². The highest BCUT2D eigenvalue weighted by Gasteiger charge is 2.53. The maximum atomic E-state index is 11.9. The summed E-state index contributed by atoms with van der Waals surface area (Å²) in [4.78, 5) is 45.9. The molecule has 0 amide bonds. The van der Waals surface area contributed by atoms with E-state index in [1.54, 1.807) is 0 Å². The van der Waals surface area contributed by atoms with E-state index in [-0.39, 0.29) is 6.61 Å². The highest BCUT2D eigenvalue weighted by molar-refractivity contribution is 6.75. The quantitative estimate of drug-likeness (QED) is 0.336. The molecular weight excluding hydrogens is 454 g/mol. The van der Waals surface area contributed by atoms with Gasteiger partial charge in [-0.1, -0.05) is 46.4 Å². The molecule has 154 valence electrons. The minimum absolute atomic E-state index is 0.376. The lowest BCUT2D eigenvalue weighted by Gasteiger charge is -2.42. The van der Waals surface area contributed by atoms with Crippen LogP contribution < -0.4 is 0 Å². The zero-order valence-corrected chi connectivity index (χ0v) is 17.3. The van der Waals surface area contributed by atoms with Crippen LogP contribution in [0.3, 0.4) is 0 Å². The fourth-order valence-corrected chi connectivity index (χ4v) is 2.63. The topological polar surface area (TPSA) is 114 Å². The molecule has 5 atom stereocenters. The van der Waals surface area contributed by atoms with Crippen LogP contribution in [0.1, 0.15) is 20.8 Å². The van der Waals surface area contributed by atoms with Crippen LogP contribution in [-0.2, 0) is 42.9 Å². The first-order chi connectivity index (χ1) is 12.3. The molecule has 0 spiro atoms. The molecule has 1 fully saturated rings. The van der Waals surface area contributed by atoms with Gasteiger partial charge in [0.2, 0.25) is 0 Å². The number of carbonyl (C=O) groups excluding carboxylic acids is 4. The van der Waals surface area contributed by atoms with Crippen molar-refractivity contribution < 1.29 is 42.9 Å². The number of hydrogen-bond donors (Lipinski definition) is 0. The summed E-state index contributed by atoms with van der Waals surface area (Å²) in [5, 5.41) is 0. The van der Waals surface area contributed by atoms with Crippen LogP contribution in [0.15, 0.2) is 0 Å².